The number of esters is 7. The van der Waals surface area contributed by atoms with E-state index in [0.717, 1.165) is 48.6 Å². The predicted octanol–water partition coefficient (Wildman–Crippen LogP) is 11.5. The molecular weight excluding hydrogens is 1590 g/mol. The maximum Gasteiger partial charge on any atom is 0.338 e. The number of carbonyl (C=O) groups excluding carboxylic acids is 7. The second-order valence-electron chi connectivity index (χ2n) is 29.5. The van der Waals surface area contributed by atoms with Gasteiger partial charge in [-0.3, -0.25) is 19.2 Å². The average molecular weight is 1690 g/mol. The zero-order valence-corrected chi connectivity index (χ0v) is 68.1. The maximum absolute atomic E-state index is 15.2. The van der Waals surface area contributed by atoms with Crippen molar-refractivity contribution >= 4 is 41.8 Å². The lowest BCUT2D eigenvalue weighted by atomic mass is 9.95. The summed E-state index contributed by atoms with van der Waals surface area (Å²) < 4.78 is 134. The fourth-order valence-corrected chi connectivity index (χ4v) is 14.7. The van der Waals surface area contributed by atoms with Crippen molar-refractivity contribution in [1.29, 1.82) is 0 Å². The SMILES string of the molecule is CC(=O)O[C@@H]1[C@@H](OC(C)=O)[C@H](O)O[C@H](CO[C@@H]2O[C@H](CO[C@H]3O[C@H](COCc4ccccc4)[C@@H](OCc4ccccc4)[C@H](OCc4ccccc4)[C@@H]3O[C@H]3O[C@H](COCc4ccccc4)[C@@H](OCc4ccccc4)[C@H](OCc4ccccc4)[C@@H]3OC(C)=O)[C@@H](OC(=O)c3ccccc3)[C@H](OC(=O)c3ccccc3)[C@H]2OC(=O)c2ccccc2)[C@H]1OC(C)=O. The van der Waals surface area contributed by atoms with Crippen LogP contribution < -0.4 is 0 Å². The van der Waals surface area contributed by atoms with E-state index in [2.05, 4.69) is 0 Å². The number of carbonyl (C=O) groups is 7. The van der Waals surface area contributed by atoms with E-state index in [1.54, 1.807) is 54.6 Å². The molecule has 0 radical (unpaired) electrons. The quantitative estimate of drug-likeness (QED) is 0.0277. The molecule has 0 bridgehead atoms. The summed E-state index contributed by atoms with van der Waals surface area (Å²) in [4.78, 5) is 98.2. The van der Waals surface area contributed by atoms with Crippen LogP contribution >= 0.6 is 0 Å². The standard InChI is InChI=1S/C95H98O28/c1-60(96)112-79-75(116-92(103)85(114-62(3)98)83(79)113-61(2)97)58-110-94-88(122-91(102)72-48-30-13-31-49-72)84(121-90(101)71-46-28-12-29-47-71)80(120-89(100)70-44-26-11-27-45-70)76(118-94)59-111-93-86(81(108-54-68-40-22-9-23-41-68)77(106-52-66-36-18-7-19-37-66)73(117-93)56-104-50-64-32-14-5-15-33-64)123-95-87(115-63(4)99)82(109-55-69-42-24-10-25-43-69)78(107-53-67-38-20-8-21-39-67)74(119-95)57-105-51-65-34-16-6-17-35-65/h5-49,73-88,92-95,103H,50-59H2,1-4H3/t73-,74-,75-,76-,77-,78-,79-,80-,81+,82+,83+,84+,85-,86+,87+,88-,92-,93+,94-,95-/m1/s1. The summed E-state index contributed by atoms with van der Waals surface area (Å²) in [5.41, 5.74) is 4.62. The fourth-order valence-electron chi connectivity index (χ4n) is 14.7. The molecule has 0 aromatic heterocycles. The molecule has 4 heterocycles. The number of hydrogen-bond acceptors (Lipinski definition) is 28. The van der Waals surface area contributed by atoms with E-state index in [1.807, 2.05) is 182 Å². The van der Waals surface area contributed by atoms with Crippen LogP contribution in [0.5, 0.6) is 0 Å². The van der Waals surface area contributed by atoms with Crippen LogP contribution in [0.3, 0.4) is 0 Å². The summed E-state index contributed by atoms with van der Waals surface area (Å²) in [6.45, 7) is 2.36. The molecule has 28 heteroatoms. The van der Waals surface area contributed by atoms with Gasteiger partial charge in [0.05, 0.1) is 82.8 Å². The van der Waals surface area contributed by atoms with Crippen LogP contribution in [0.1, 0.15) is 92.1 Å². The van der Waals surface area contributed by atoms with Crippen molar-refractivity contribution in [1.82, 2.24) is 0 Å². The van der Waals surface area contributed by atoms with Gasteiger partial charge in [-0.2, -0.15) is 0 Å². The van der Waals surface area contributed by atoms with E-state index < -0.39 is 178 Å². The van der Waals surface area contributed by atoms with Crippen LogP contribution in [-0.2, 0) is 154 Å². The Kier molecular flexibility index (Phi) is 32.9. The van der Waals surface area contributed by atoms with Crippen molar-refractivity contribution in [3.63, 3.8) is 0 Å². The molecule has 20 atom stereocenters. The zero-order valence-electron chi connectivity index (χ0n) is 68.1. The lowest BCUT2D eigenvalue weighted by Crippen LogP contribution is -2.67. The van der Waals surface area contributed by atoms with Crippen molar-refractivity contribution < 1.29 is 133 Å². The molecule has 646 valence electrons. The van der Waals surface area contributed by atoms with Gasteiger partial charge in [-0.05, 0) is 69.8 Å². The van der Waals surface area contributed by atoms with Gasteiger partial charge in [0.1, 0.15) is 54.9 Å². The number of rotatable bonds is 38. The lowest BCUT2D eigenvalue weighted by molar-refractivity contribution is -0.384. The smallest absolute Gasteiger partial charge is 0.338 e. The highest BCUT2D eigenvalue weighted by molar-refractivity contribution is 5.91. The van der Waals surface area contributed by atoms with Crippen molar-refractivity contribution in [2.24, 2.45) is 0 Å². The normalized spacial score (nSPS) is 26.2. The first-order chi connectivity index (χ1) is 59.9. The van der Waals surface area contributed by atoms with Crippen LogP contribution in [0, 0.1) is 0 Å². The van der Waals surface area contributed by atoms with E-state index in [0.29, 0.717) is 5.56 Å². The predicted molar refractivity (Wildman–Crippen MR) is 435 cm³/mol. The van der Waals surface area contributed by atoms with E-state index in [9.17, 15) is 29.1 Å². The molecule has 0 spiro atoms. The Morgan fingerprint density at radius 3 is 0.870 bits per heavy atom. The second kappa shape index (κ2) is 45.2. The molecule has 0 saturated carbocycles. The summed E-state index contributed by atoms with van der Waals surface area (Å²) in [6, 6.07) is 79.7. The number of aliphatic hydroxyl groups is 1. The van der Waals surface area contributed by atoms with Crippen LogP contribution in [0.4, 0.5) is 0 Å². The molecular formula is C95H98O28. The molecule has 0 unspecified atom stereocenters. The third-order valence-electron chi connectivity index (χ3n) is 20.4. The molecule has 0 aliphatic carbocycles. The highest BCUT2D eigenvalue weighted by atomic mass is 16.8. The first-order valence-electron chi connectivity index (χ1n) is 40.5. The Morgan fingerprint density at radius 2 is 0.496 bits per heavy atom. The van der Waals surface area contributed by atoms with Gasteiger partial charge in [-0.25, -0.2) is 14.4 Å². The monoisotopic (exact) mass is 1690 g/mol. The van der Waals surface area contributed by atoms with Crippen LogP contribution in [-0.4, -0.2) is 196 Å². The maximum atomic E-state index is 15.2. The van der Waals surface area contributed by atoms with Crippen molar-refractivity contribution in [2.45, 2.75) is 190 Å². The summed E-state index contributed by atoms with van der Waals surface area (Å²) >= 11 is 0. The van der Waals surface area contributed by atoms with Crippen LogP contribution in [0.2, 0.25) is 0 Å². The molecule has 0 amide bonds. The van der Waals surface area contributed by atoms with Crippen molar-refractivity contribution in [3.8, 4) is 0 Å². The van der Waals surface area contributed by atoms with E-state index in [1.165, 1.54) is 43.3 Å². The Morgan fingerprint density at radius 1 is 0.244 bits per heavy atom. The molecule has 4 saturated heterocycles. The van der Waals surface area contributed by atoms with Gasteiger partial charge in [0.25, 0.3) is 0 Å². The minimum atomic E-state index is -2.09. The molecule has 9 aromatic rings. The number of ether oxygens (including phenoxy) is 20. The number of hydrogen-bond donors (Lipinski definition) is 1. The molecule has 4 fully saturated rings. The van der Waals surface area contributed by atoms with Gasteiger partial charge in [0, 0.05) is 27.7 Å². The summed E-state index contributed by atoms with van der Waals surface area (Å²) in [7, 11) is 0. The molecule has 4 aliphatic rings. The fraction of sp³-hybridized carbons (Fsp3) is 0.358. The van der Waals surface area contributed by atoms with Crippen molar-refractivity contribution in [2.75, 3.05) is 26.4 Å². The summed E-state index contributed by atoms with van der Waals surface area (Å²) in [5, 5.41) is 11.7. The molecule has 9 aromatic carbocycles. The molecule has 4 aliphatic heterocycles. The van der Waals surface area contributed by atoms with Gasteiger partial charge in [-0.15, -0.1) is 0 Å². The minimum Gasteiger partial charge on any atom is -0.456 e. The molecule has 123 heavy (non-hydrogen) atoms. The Balaban J connectivity index is 0.963. The van der Waals surface area contributed by atoms with Gasteiger partial charge in [-0.1, -0.05) is 237 Å². The lowest BCUT2D eigenvalue weighted by Gasteiger charge is -2.50. The zero-order chi connectivity index (χ0) is 85.8. The summed E-state index contributed by atoms with van der Waals surface area (Å²) in [6.07, 6.45) is -32.5. The molecule has 1 N–H and O–H groups in total. The highest BCUT2D eigenvalue weighted by Crippen LogP contribution is 2.40. The van der Waals surface area contributed by atoms with E-state index in [-0.39, 0.29) is 69.5 Å². The van der Waals surface area contributed by atoms with Crippen molar-refractivity contribution in [3.05, 3.63) is 323 Å². The first kappa shape index (κ1) is 89.5. The first-order valence-corrected chi connectivity index (χ1v) is 40.5. The third-order valence-corrected chi connectivity index (χ3v) is 20.4. The van der Waals surface area contributed by atoms with Gasteiger partial charge in [0.2, 0.25) is 0 Å². The Hall–Kier alpha value is -11.3. The highest BCUT2D eigenvalue weighted by Gasteiger charge is 2.59. The average Bonchev–Trinajstić information content (AvgIpc) is 0.770. The number of aliphatic hydroxyl groups excluding tert-OH is 1. The van der Waals surface area contributed by atoms with Crippen LogP contribution in [0.15, 0.2) is 273 Å². The van der Waals surface area contributed by atoms with Gasteiger partial charge >= 0.3 is 41.8 Å². The van der Waals surface area contributed by atoms with Gasteiger partial charge in [0.15, 0.2) is 67.9 Å². The second-order valence-corrected chi connectivity index (χ2v) is 29.5. The largest absolute Gasteiger partial charge is 0.456 e. The van der Waals surface area contributed by atoms with E-state index >= 15 is 9.59 Å². The summed E-state index contributed by atoms with van der Waals surface area (Å²) in [5.74, 6) is -6.66. The topological polar surface area (TPSA) is 324 Å². The third kappa shape index (κ3) is 25.5. The Bertz CT molecular complexity index is 4760. The molecule has 13 rings (SSSR count). The number of benzene rings is 9. The Labute approximate surface area is 711 Å². The van der Waals surface area contributed by atoms with Gasteiger partial charge < -0.3 is 99.8 Å². The van der Waals surface area contributed by atoms with Crippen LogP contribution in [0.25, 0.3) is 0 Å². The molecule has 28 nitrogen and oxygen atoms in total. The van der Waals surface area contributed by atoms with E-state index in [4.69, 9.17) is 94.7 Å². The minimum absolute atomic E-state index is 0.000124.